The van der Waals surface area contributed by atoms with Crippen LogP contribution in [0.25, 0.3) is 0 Å². The Hall–Kier alpha value is -3.02. The molecule has 2 amide bonds. The second-order valence-corrected chi connectivity index (χ2v) is 7.20. The summed E-state index contributed by atoms with van der Waals surface area (Å²) in [6.07, 6.45) is 3.26. The topological polar surface area (TPSA) is 67.9 Å². The van der Waals surface area contributed by atoms with Crippen LogP contribution in [-0.2, 0) is 11.2 Å². The van der Waals surface area contributed by atoms with Gasteiger partial charge in [0.1, 0.15) is 0 Å². The Morgan fingerprint density at radius 3 is 2.43 bits per heavy atom. The number of carbonyl (C=O) groups excluding carboxylic acids is 2. The summed E-state index contributed by atoms with van der Waals surface area (Å²) < 4.78 is 11.2. The summed E-state index contributed by atoms with van der Waals surface area (Å²) in [6.45, 7) is 6.30. The van der Waals surface area contributed by atoms with Gasteiger partial charge in [-0.15, -0.1) is 0 Å². The van der Waals surface area contributed by atoms with Crippen LogP contribution in [-0.4, -0.2) is 38.1 Å². The molecule has 1 N–H and O–H groups in total. The number of piperidine rings is 1. The van der Waals surface area contributed by atoms with Crippen LogP contribution in [0.15, 0.2) is 42.5 Å². The lowest BCUT2D eigenvalue weighted by Gasteiger charge is -2.26. The van der Waals surface area contributed by atoms with E-state index >= 15 is 0 Å². The Labute approximate surface area is 178 Å². The Morgan fingerprint density at radius 2 is 1.73 bits per heavy atom. The van der Waals surface area contributed by atoms with Crippen molar-refractivity contribution >= 4 is 17.5 Å². The van der Waals surface area contributed by atoms with Gasteiger partial charge in [0, 0.05) is 30.8 Å². The lowest BCUT2D eigenvalue weighted by Crippen LogP contribution is -2.35. The minimum atomic E-state index is -0.123. The molecule has 2 aromatic carbocycles. The van der Waals surface area contributed by atoms with Crippen LogP contribution in [0.4, 0.5) is 5.69 Å². The van der Waals surface area contributed by atoms with Crippen molar-refractivity contribution in [1.29, 1.82) is 0 Å². The highest BCUT2D eigenvalue weighted by atomic mass is 16.5. The third-order valence-electron chi connectivity index (χ3n) is 5.07. The molecule has 1 heterocycles. The summed E-state index contributed by atoms with van der Waals surface area (Å²) in [7, 11) is 0. The van der Waals surface area contributed by atoms with Crippen molar-refractivity contribution in [2.45, 2.75) is 39.5 Å². The highest BCUT2D eigenvalue weighted by Gasteiger charge is 2.19. The lowest BCUT2D eigenvalue weighted by atomic mass is 10.1. The van der Waals surface area contributed by atoms with Gasteiger partial charge in [-0.2, -0.15) is 0 Å². The zero-order valence-corrected chi connectivity index (χ0v) is 17.8. The van der Waals surface area contributed by atoms with Gasteiger partial charge in [0.05, 0.1) is 13.2 Å². The second-order valence-electron chi connectivity index (χ2n) is 7.20. The quantitative estimate of drug-likeness (QED) is 0.679. The first-order valence-electron chi connectivity index (χ1n) is 10.7. The molecule has 0 radical (unpaired) electrons. The number of nitrogens with one attached hydrogen (secondary N) is 1. The second kappa shape index (κ2) is 10.7. The van der Waals surface area contributed by atoms with Crippen molar-refractivity contribution in [1.82, 2.24) is 5.32 Å². The molecule has 0 bridgehead atoms. The average molecular weight is 411 g/mol. The molecule has 1 saturated heterocycles. The van der Waals surface area contributed by atoms with Crippen LogP contribution >= 0.6 is 0 Å². The van der Waals surface area contributed by atoms with E-state index in [4.69, 9.17) is 9.47 Å². The molecule has 1 aliphatic rings. The maximum atomic E-state index is 12.5. The van der Waals surface area contributed by atoms with Crippen molar-refractivity contribution in [3.63, 3.8) is 0 Å². The number of benzene rings is 2. The Bertz CT molecular complexity index is 864. The van der Waals surface area contributed by atoms with E-state index in [0.29, 0.717) is 38.2 Å². The minimum Gasteiger partial charge on any atom is -0.490 e. The van der Waals surface area contributed by atoms with Gasteiger partial charge in [-0.05, 0) is 75.1 Å². The van der Waals surface area contributed by atoms with E-state index in [-0.39, 0.29) is 11.8 Å². The Balaban J connectivity index is 1.54. The normalized spacial score (nSPS) is 13.8. The lowest BCUT2D eigenvalue weighted by molar-refractivity contribution is -0.119. The fraction of sp³-hybridized carbons (Fsp3) is 0.417. The molecular weight excluding hydrogens is 380 g/mol. The van der Waals surface area contributed by atoms with E-state index in [0.717, 1.165) is 42.1 Å². The van der Waals surface area contributed by atoms with Crippen molar-refractivity contribution in [3.8, 4) is 11.5 Å². The van der Waals surface area contributed by atoms with Crippen LogP contribution in [0.1, 0.15) is 49.0 Å². The molecule has 0 aromatic heterocycles. The van der Waals surface area contributed by atoms with Gasteiger partial charge >= 0.3 is 0 Å². The summed E-state index contributed by atoms with van der Waals surface area (Å²) in [5.74, 6) is 1.49. The monoisotopic (exact) mass is 410 g/mol. The smallest absolute Gasteiger partial charge is 0.251 e. The van der Waals surface area contributed by atoms with Crippen LogP contribution in [0.2, 0.25) is 0 Å². The number of nitrogens with zero attached hydrogens (tertiary/aromatic N) is 1. The van der Waals surface area contributed by atoms with Gasteiger partial charge in [0.25, 0.3) is 5.91 Å². The first-order chi connectivity index (χ1) is 14.6. The molecule has 1 fully saturated rings. The fourth-order valence-corrected chi connectivity index (χ4v) is 3.55. The molecule has 160 valence electrons. The van der Waals surface area contributed by atoms with Crippen molar-refractivity contribution < 1.29 is 19.1 Å². The van der Waals surface area contributed by atoms with Crippen molar-refractivity contribution in [3.05, 3.63) is 53.6 Å². The molecular formula is C24H30N2O4. The number of hydrogen-bond acceptors (Lipinski definition) is 4. The number of rotatable bonds is 9. The highest BCUT2D eigenvalue weighted by Crippen LogP contribution is 2.28. The Kier molecular flexibility index (Phi) is 7.71. The van der Waals surface area contributed by atoms with E-state index < -0.39 is 0 Å². The standard InChI is InChI=1S/C24H30N2O4/c1-3-29-21-13-8-18(17-22(21)30-4-2)14-15-25-24(28)19-9-11-20(12-10-19)26-16-6-5-7-23(26)27/h8-13,17H,3-7,14-16H2,1-2H3,(H,25,28). The van der Waals surface area contributed by atoms with E-state index in [1.165, 1.54) is 0 Å². The molecule has 2 aromatic rings. The van der Waals surface area contributed by atoms with Gasteiger partial charge in [-0.3, -0.25) is 9.59 Å². The van der Waals surface area contributed by atoms with Crippen molar-refractivity contribution in [2.75, 3.05) is 31.2 Å². The molecule has 0 aliphatic carbocycles. The predicted molar refractivity (Wildman–Crippen MR) is 117 cm³/mol. The molecule has 0 unspecified atom stereocenters. The summed E-state index contributed by atoms with van der Waals surface area (Å²) >= 11 is 0. The van der Waals surface area contributed by atoms with Crippen LogP contribution < -0.4 is 19.7 Å². The maximum absolute atomic E-state index is 12.5. The molecule has 0 spiro atoms. The van der Waals surface area contributed by atoms with E-state index in [2.05, 4.69) is 5.32 Å². The third kappa shape index (κ3) is 5.53. The first kappa shape index (κ1) is 21.7. The molecule has 6 heteroatoms. The van der Waals surface area contributed by atoms with E-state index in [9.17, 15) is 9.59 Å². The molecule has 0 saturated carbocycles. The average Bonchev–Trinajstić information content (AvgIpc) is 2.76. The largest absolute Gasteiger partial charge is 0.490 e. The molecule has 1 aliphatic heterocycles. The van der Waals surface area contributed by atoms with Gasteiger partial charge in [-0.1, -0.05) is 6.07 Å². The third-order valence-corrected chi connectivity index (χ3v) is 5.07. The SMILES string of the molecule is CCOc1ccc(CCNC(=O)c2ccc(N3CCCCC3=O)cc2)cc1OCC. The van der Waals surface area contributed by atoms with Crippen LogP contribution in [0.3, 0.4) is 0 Å². The van der Waals surface area contributed by atoms with E-state index in [1.54, 1.807) is 17.0 Å². The fourth-order valence-electron chi connectivity index (χ4n) is 3.55. The van der Waals surface area contributed by atoms with Crippen LogP contribution in [0, 0.1) is 0 Å². The van der Waals surface area contributed by atoms with Crippen LogP contribution in [0.5, 0.6) is 11.5 Å². The summed E-state index contributed by atoms with van der Waals surface area (Å²) in [4.78, 5) is 26.3. The number of carbonyl (C=O) groups is 2. The molecule has 30 heavy (non-hydrogen) atoms. The molecule has 6 nitrogen and oxygen atoms in total. The minimum absolute atomic E-state index is 0.123. The zero-order valence-electron chi connectivity index (χ0n) is 17.8. The van der Waals surface area contributed by atoms with Gasteiger partial charge in [0.15, 0.2) is 11.5 Å². The number of hydrogen-bond donors (Lipinski definition) is 1. The first-order valence-corrected chi connectivity index (χ1v) is 10.7. The van der Waals surface area contributed by atoms with Gasteiger partial charge < -0.3 is 19.7 Å². The van der Waals surface area contributed by atoms with E-state index in [1.807, 2.05) is 44.2 Å². The maximum Gasteiger partial charge on any atom is 0.251 e. The summed E-state index contributed by atoms with van der Waals surface area (Å²) in [5, 5.41) is 2.95. The number of anilines is 1. The summed E-state index contributed by atoms with van der Waals surface area (Å²) in [5.41, 5.74) is 2.51. The number of ether oxygens (including phenoxy) is 2. The van der Waals surface area contributed by atoms with Crippen molar-refractivity contribution in [2.24, 2.45) is 0 Å². The molecule has 3 rings (SSSR count). The zero-order chi connectivity index (χ0) is 21.3. The highest BCUT2D eigenvalue weighted by molar-refractivity contribution is 5.96. The summed E-state index contributed by atoms with van der Waals surface area (Å²) in [6, 6.07) is 13.1. The molecule has 0 atom stereocenters. The van der Waals surface area contributed by atoms with Gasteiger partial charge in [-0.25, -0.2) is 0 Å². The predicted octanol–water partition coefficient (Wildman–Crippen LogP) is 3.97. The van der Waals surface area contributed by atoms with Gasteiger partial charge in [0.2, 0.25) is 5.91 Å². The number of amides is 2. The Morgan fingerprint density at radius 1 is 1.00 bits per heavy atom.